The van der Waals surface area contributed by atoms with E-state index in [0.717, 1.165) is 18.4 Å². The minimum atomic E-state index is -0.198. The summed E-state index contributed by atoms with van der Waals surface area (Å²) < 4.78 is 0. The topological polar surface area (TPSA) is 75.2 Å². The van der Waals surface area contributed by atoms with Gasteiger partial charge in [0.1, 0.15) is 5.69 Å². The molecule has 1 heterocycles. The zero-order valence-corrected chi connectivity index (χ0v) is 16.6. The number of rotatable bonds is 5. The van der Waals surface area contributed by atoms with Crippen LogP contribution in [0.3, 0.4) is 0 Å². The van der Waals surface area contributed by atoms with Gasteiger partial charge in [0.25, 0.3) is 11.8 Å². The first-order valence-electron chi connectivity index (χ1n) is 9.59. The number of allylic oxidation sites excluding steroid dienone is 1. The first-order valence-corrected chi connectivity index (χ1v) is 9.59. The molecule has 1 aromatic heterocycles. The zero-order chi connectivity index (χ0) is 20.1. The number of nitrogens with zero attached hydrogens (tertiary/aromatic N) is 3. The first-order chi connectivity index (χ1) is 13.5. The first kappa shape index (κ1) is 19.7. The van der Waals surface area contributed by atoms with Gasteiger partial charge >= 0.3 is 0 Å². The number of aromatic nitrogens is 2. The molecule has 3 rings (SSSR count). The molecule has 28 heavy (non-hydrogen) atoms. The summed E-state index contributed by atoms with van der Waals surface area (Å²) in [5, 5.41) is 3.08. The molecule has 146 valence electrons. The van der Waals surface area contributed by atoms with E-state index in [2.05, 4.69) is 21.4 Å². The molecule has 0 saturated heterocycles. The van der Waals surface area contributed by atoms with Gasteiger partial charge in [-0.25, -0.2) is 4.98 Å². The number of carbonyl (C=O) groups is 2. The molecule has 0 radical (unpaired) electrons. The second-order valence-electron chi connectivity index (χ2n) is 7.29. The van der Waals surface area contributed by atoms with Gasteiger partial charge in [-0.3, -0.25) is 14.6 Å². The molecule has 0 spiro atoms. The van der Waals surface area contributed by atoms with Crippen LogP contribution in [0.25, 0.3) is 11.3 Å². The minimum absolute atomic E-state index is 0.0482. The summed E-state index contributed by atoms with van der Waals surface area (Å²) in [7, 11) is 3.35. The lowest BCUT2D eigenvalue weighted by Crippen LogP contribution is -2.34. The standard InChI is InChI=1S/C22H26N4O2/c1-15(16-7-5-4-6-8-16)24-21(27)18-11-9-17(10-12-18)19-13-23-14-20(25-19)22(28)26(2)3/h7,9-15H,4-6,8H2,1-3H3,(H,24,27)/t15-/m0/s1. The predicted molar refractivity (Wildman–Crippen MR) is 109 cm³/mol. The number of hydrogen-bond donors (Lipinski definition) is 1. The monoisotopic (exact) mass is 378 g/mol. The summed E-state index contributed by atoms with van der Waals surface area (Å²) in [4.78, 5) is 34.6. The van der Waals surface area contributed by atoms with Gasteiger partial charge < -0.3 is 10.2 Å². The Hall–Kier alpha value is -3.02. The zero-order valence-electron chi connectivity index (χ0n) is 16.6. The molecule has 6 heteroatoms. The van der Waals surface area contributed by atoms with Crippen molar-refractivity contribution in [3.63, 3.8) is 0 Å². The third kappa shape index (κ3) is 4.63. The van der Waals surface area contributed by atoms with Crippen LogP contribution in [0, 0.1) is 0 Å². The lowest BCUT2D eigenvalue weighted by molar-refractivity contribution is 0.0821. The Kier molecular flexibility index (Phi) is 6.19. The maximum atomic E-state index is 12.5. The van der Waals surface area contributed by atoms with E-state index in [9.17, 15) is 9.59 Å². The Balaban J connectivity index is 1.71. The molecule has 2 aromatic rings. The number of amides is 2. The summed E-state index contributed by atoms with van der Waals surface area (Å²) in [5.74, 6) is -0.288. The molecular weight excluding hydrogens is 352 g/mol. The van der Waals surface area contributed by atoms with Crippen LogP contribution >= 0.6 is 0 Å². The number of hydrogen-bond acceptors (Lipinski definition) is 4. The Morgan fingerprint density at radius 3 is 2.50 bits per heavy atom. The van der Waals surface area contributed by atoms with E-state index in [1.807, 2.05) is 19.1 Å². The average molecular weight is 378 g/mol. The molecule has 6 nitrogen and oxygen atoms in total. The van der Waals surface area contributed by atoms with Crippen LogP contribution in [0.2, 0.25) is 0 Å². The van der Waals surface area contributed by atoms with E-state index in [-0.39, 0.29) is 17.9 Å². The molecule has 1 N–H and O–H groups in total. The lowest BCUT2D eigenvalue weighted by Gasteiger charge is -2.21. The molecule has 0 saturated carbocycles. The largest absolute Gasteiger partial charge is 0.346 e. The van der Waals surface area contributed by atoms with Crippen molar-refractivity contribution in [1.82, 2.24) is 20.2 Å². The minimum Gasteiger partial charge on any atom is -0.346 e. The van der Waals surface area contributed by atoms with E-state index >= 15 is 0 Å². The number of carbonyl (C=O) groups excluding carboxylic acids is 2. The fourth-order valence-corrected chi connectivity index (χ4v) is 3.26. The summed E-state index contributed by atoms with van der Waals surface area (Å²) >= 11 is 0. The third-order valence-corrected chi connectivity index (χ3v) is 4.93. The fraction of sp³-hybridized carbons (Fsp3) is 0.364. The Bertz CT molecular complexity index is 888. The highest BCUT2D eigenvalue weighted by atomic mass is 16.2. The van der Waals surface area contributed by atoms with Crippen molar-refractivity contribution in [2.45, 2.75) is 38.6 Å². The van der Waals surface area contributed by atoms with Crippen molar-refractivity contribution in [2.24, 2.45) is 0 Å². The normalized spacial score (nSPS) is 14.8. The van der Waals surface area contributed by atoms with Gasteiger partial charge in [-0.1, -0.05) is 23.8 Å². The third-order valence-electron chi connectivity index (χ3n) is 4.93. The van der Waals surface area contributed by atoms with Crippen molar-refractivity contribution in [3.8, 4) is 11.3 Å². The maximum Gasteiger partial charge on any atom is 0.273 e. The number of benzene rings is 1. The van der Waals surface area contributed by atoms with Crippen LogP contribution in [0.5, 0.6) is 0 Å². The van der Waals surface area contributed by atoms with Crippen molar-refractivity contribution in [3.05, 3.63) is 59.6 Å². The van der Waals surface area contributed by atoms with Gasteiger partial charge in [-0.2, -0.15) is 0 Å². The van der Waals surface area contributed by atoms with Crippen LogP contribution in [-0.4, -0.2) is 46.8 Å². The Morgan fingerprint density at radius 1 is 1.11 bits per heavy atom. The molecule has 0 bridgehead atoms. The molecule has 0 unspecified atom stereocenters. The maximum absolute atomic E-state index is 12.5. The van der Waals surface area contributed by atoms with Gasteiger partial charge in [0.05, 0.1) is 18.1 Å². The summed E-state index contributed by atoms with van der Waals surface area (Å²) in [6.07, 6.45) is 9.89. The van der Waals surface area contributed by atoms with Crippen molar-refractivity contribution in [2.75, 3.05) is 14.1 Å². The smallest absolute Gasteiger partial charge is 0.273 e. The van der Waals surface area contributed by atoms with Crippen LogP contribution < -0.4 is 5.32 Å². The molecule has 1 aliphatic carbocycles. The van der Waals surface area contributed by atoms with Gasteiger partial charge in [-0.15, -0.1) is 0 Å². The molecule has 1 aliphatic rings. The van der Waals surface area contributed by atoms with Crippen LogP contribution in [-0.2, 0) is 0 Å². The summed E-state index contributed by atoms with van der Waals surface area (Å²) in [6, 6.07) is 7.25. The van der Waals surface area contributed by atoms with Crippen molar-refractivity contribution in [1.29, 1.82) is 0 Å². The van der Waals surface area contributed by atoms with Crippen LogP contribution in [0.1, 0.15) is 53.5 Å². The molecule has 2 amide bonds. The Labute approximate surface area is 165 Å². The predicted octanol–water partition coefficient (Wildman–Crippen LogP) is 3.46. The second-order valence-corrected chi connectivity index (χ2v) is 7.29. The van der Waals surface area contributed by atoms with E-state index in [1.54, 1.807) is 32.4 Å². The van der Waals surface area contributed by atoms with Gasteiger partial charge in [0, 0.05) is 31.3 Å². The fourth-order valence-electron chi connectivity index (χ4n) is 3.26. The highest BCUT2D eigenvalue weighted by Gasteiger charge is 2.16. The number of nitrogens with one attached hydrogen (secondary N) is 1. The highest BCUT2D eigenvalue weighted by Crippen LogP contribution is 2.21. The molecule has 1 atom stereocenters. The molecule has 0 fully saturated rings. The van der Waals surface area contributed by atoms with Gasteiger partial charge in [0.2, 0.25) is 0 Å². The molecular formula is C22H26N4O2. The molecule has 1 aromatic carbocycles. The van der Waals surface area contributed by atoms with Crippen molar-refractivity contribution < 1.29 is 9.59 Å². The van der Waals surface area contributed by atoms with Gasteiger partial charge in [0.15, 0.2) is 0 Å². The van der Waals surface area contributed by atoms with E-state index in [4.69, 9.17) is 0 Å². The van der Waals surface area contributed by atoms with E-state index in [0.29, 0.717) is 17.0 Å². The average Bonchev–Trinajstić information content (AvgIpc) is 2.74. The van der Waals surface area contributed by atoms with Crippen molar-refractivity contribution >= 4 is 11.8 Å². The second kappa shape index (κ2) is 8.78. The lowest BCUT2D eigenvalue weighted by atomic mass is 9.94. The summed E-state index contributed by atoms with van der Waals surface area (Å²) in [6.45, 7) is 2.03. The molecule has 0 aliphatic heterocycles. The van der Waals surface area contributed by atoms with E-state index < -0.39 is 0 Å². The van der Waals surface area contributed by atoms with Crippen LogP contribution in [0.15, 0.2) is 48.3 Å². The highest BCUT2D eigenvalue weighted by molar-refractivity contribution is 5.95. The van der Waals surface area contributed by atoms with Crippen LogP contribution in [0.4, 0.5) is 0 Å². The quantitative estimate of drug-likeness (QED) is 0.809. The summed E-state index contributed by atoms with van der Waals surface area (Å²) in [5.41, 5.74) is 3.61. The van der Waals surface area contributed by atoms with Gasteiger partial charge in [-0.05, 0) is 44.7 Å². The van der Waals surface area contributed by atoms with E-state index in [1.165, 1.54) is 29.5 Å². The SMILES string of the molecule is C[C@H](NC(=O)c1ccc(-c2cncc(C(=O)N(C)C)n2)cc1)C1=CCCCC1. The Morgan fingerprint density at radius 2 is 1.86 bits per heavy atom.